The number of morpholine rings is 1. The molecule has 1 N–H and O–H groups in total. The van der Waals surface area contributed by atoms with E-state index >= 15 is 0 Å². The number of hydrogen-bond donors (Lipinski definition) is 1. The molecule has 2 fully saturated rings. The third-order valence-corrected chi connectivity index (χ3v) is 4.84. The Bertz CT molecular complexity index is 524. The predicted molar refractivity (Wildman–Crippen MR) is 91.2 cm³/mol. The zero-order chi connectivity index (χ0) is 17.7. The van der Waals surface area contributed by atoms with Crippen molar-refractivity contribution in [2.24, 2.45) is 0 Å². The summed E-state index contributed by atoms with van der Waals surface area (Å²) in [4.78, 5) is 16.6. The van der Waals surface area contributed by atoms with E-state index in [4.69, 9.17) is 4.74 Å². The van der Waals surface area contributed by atoms with Crippen LogP contribution >= 0.6 is 0 Å². The maximum absolute atomic E-state index is 12.7. The molecule has 2 rings (SSSR count). The number of likely N-dealkylation sites (tertiary alicyclic amines) is 1. The van der Waals surface area contributed by atoms with Crippen LogP contribution in [-0.2, 0) is 9.53 Å². The van der Waals surface area contributed by atoms with E-state index in [2.05, 4.69) is 11.0 Å². The molecular weight excluding hydrogens is 306 g/mol. The summed E-state index contributed by atoms with van der Waals surface area (Å²) in [6.45, 7) is 9.20. The van der Waals surface area contributed by atoms with E-state index in [-0.39, 0.29) is 17.6 Å². The number of carbonyl (C=O) groups is 1. The molecule has 2 heterocycles. The van der Waals surface area contributed by atoms with Crippen molar-refractivity contribution < 1.29 is 14.6 Å². The summed E-state index contributed by atoms with van der Waals surface area (Å²) in [6.07, 6.45) is 3.91. The fourth-order valence-corrected chi connectivity index (χ4v) is 3.40. The monoisotopic (exact) mass is 335 g/mol. The standard InChI is InChI=1S/C18H29N3O3/c1-14-12-21(8-9-24-14)18(2,3)10-15(11-19)17(23)20-7-5-4-6-16(22)13-20/h10,14,16,22H,4-9,12-13H2,1-3H3/b15-10+/t14-,16-/m1/s1. The number of rotatable bonds is 3. The van der Waals surface area contributed by atoms with Gasteiger partial charge in [-0.2, -0.15) is 5.26 Å². The number of nitriles is 1. The summed E-state index contributed by atoms with van der Waals surface area (Å²) in [6, 6.07) is 2.07. The molecule has 2 aliphatic heterocycles. The summed E-state index contributed by atoms with van der Waals surface area (Å²) < 4.78 is 5.57. The van der Waals surface area contributed by atoms with Gasteiger partial charge >= 0.3 is 0 Å². The highest BCUT2D eigenvalue weighted by molar-refractivity contribution is 5.97. The molecular formula is C18H29N3O3. The van der Waals surface area contributed by atoms with Crippen LogP contribution in [0.3, 0.4) is 0 Å². The first-order valence-electron chi connectivity index (χ1n) is 8.80. The Morgan fingerprint density at radius 2 is 2.08 bits per heavy atom. The molecule has 0 aromatic rings. The molecule has 134 valence electrons. The Morgan fingerprint density at radius 3 is 2.75 bits per heavy atom. The fraction of sp³-hybridized carbons (Fsp3) is 0.778. The van der Waals surface area contributed by atoms with Crippen LogP contribution in [0.15, 0.2) is 11.6 Å². The van der Waals surface area contributed by atoms with Crippen molar-refractivity contribution in [2.75, 3.05) is 32.8 Å². The van der Waals surface area contributed by atoms with E-state index in [0.717, 1.165) is 25.9 Å². The third-order valence-electron chi connectivity index (χ3n) is 4.84. The Morgan fingerprint density at radius 1 is 1.33 bits per heavy atom. The highest BCUT2D eigenvalue weighted by Gasteiger charge is 2.31. The molecule has 0 aromatic carbocycles. The largest absolute Gasteiger partial charge is 0.391 e. The molecule has 2 saturated heterocycles. The van der Waals surface area contributed by atoms with Crippen molar-refractivity contribution in [2.45, 2.75) is 57.8 Å². The van der Waals surface area contributed by atoms with Gasteiger partial charge in [0.2, 0.25) is 0 Å². The zero-order valence-electron chi connectivity index (χ0n) is 15.0. The Balaban J connectivity index is 2.14. The first-order valence-corrected chi connectivity index (χ1v) is 8.80. The van der Waals surface area contributed by atoms with Crippen LogP contribution < -0.4 is 0 Å². The van der Waals surface area contributed by atoms with Crippen LogP contribution in [0.5, 0.6) is 0 Å². The van der Waals surface area contributed by atoms with Crippen LogP contribution in [0.1, 0.15) is 40.0 Å². The maximum atomic E-state index is 12.7. The molecule has 0 aromatic heterocycles. The molecule has 0 bridgehead atoms. The highest BCUT2D eigenvalue weighted by atomic mass is 16.5. The average Bonchev–Trinajstić information content (AvgIpc) is 2.76. The molecule has 0 unspecified atom stereocenters. The lowest BCUT2D eigenvalue weighted by Gasteiger charge is -2.41. The van der Waals surface area contributed by atoms with Gasteiger partial charge in [0.25, 0.3) is 5.91 Å². The molecule has 6 heteroatoms. The van der Waals surface area contributed by atoms with Gasteiger partial charge in [0, 0.05) is 31.7 Å². The van der Waals surface area contributed by atoms with Gasteiger partial charge in [-0.25, -0.2) is 0 Å². The summed E-state index contributed by atoms with van der Waals surface area (Å²) in [5, 5.41) is 19.4. The number of aliphatic hydroxyl groups excluding tert-OH is 1. The number of hydrogen-bond acceptors (Lipinski definition) is 5. The minimum Gasteiger partial charge on any atom is -0.391 e. The smallest absolute Gasteiger partial charge is 0.264 e. The number of amides is 1. The third kappa shape index (κ3) is 4.79. The van der Waals surface area contributed by atoms with Crippen LogP contribution in [-0.4, -0.2) is 71.3 Å². The van der Waals surface area contributed by atoms with Crippen molar-refractivity contribution in [3.8, 4) is 6.07 Å². The topological polar surface area (TPSA) is 76.8 Å². The van der Waals surface area contributed by atoms with E-state index in [1.807, 2.05) is 20.8 Å². The molecule has 0 aliphatic carbocycles. The number of ether oxygens (including phenoxy) is 1. The molecule has 24 heavy (non-hydrogen) atoms. The first-order chi connectivity index (χ1) is 11.3. The zero-order valence-corrected chi connectivity index (χ0v) is 15.0. The SMILES string of the molecule is C[C@@H]1CN(C(C)(C)/C=C(\C#N)C(=O)N2CCCC[C@@H](O)C2)CCO1. The first kappa shape index (κ1) is 18.9. The summed E-state index contributed by atoms with van der Waals surface area (Å²) in [5.41, 5.74) is -0.239. The molecule has 0 spiro atoms. The molecule has 6 nitrogen and oxygen atoms in total. The summed E-state index contributed by atoms with van der Waals surface area (Å²) in [7, 11) is 0. The van der Waals surface area contributed by atoms with Gasteiger partial charge in [0.05, 0.1) is 18.8 Å². The van der Waals surface area contributed by atoms with Gasteiger partial charge < -0.3 is 14.7 Å². The van der Waals surface area contributed by atoms with Gasteiger partial charge in [0.15, 0.2) is 0 Å². The van der Waals surface area contributed by atoms with E-state index in [9.17, 15) is 15.2 Å². The van der Waals surface area contributed by atoms with Crippen LogP contribution in [0.2, 0.25) is 0 Å². The molecule has 1 amide bonds. The van der Waals surface area contributed by atoms with Gasteiger partial charge in [0.1, 0.15) is 11.6 Å². The number of nitrogens with zero attached hydrogens (tertiary/aromatic N) is 3. The predicted octanol–water partition coefficient (Wildman–Crippen LogP) is 1.31. The number of aliphatic hydroxyl groups is 1. The van der Waals surface area contributed by atoms with Crippen LogP contribution in [0.4, 0.5) is 0 Å². The molecule has 2 aliphatic rings. The second-order valence-electron chi connectivity index (χ2n) is 7.35. The summed E-state index contributed by atoms with van der Waals surface area (Å²) in [5.74, 6) is -0.271. The van der Waals surface area contributed by atoms with E-state index in [1.54, 1.807) is 11.0 Å². The van der Waals surface area contributed by atoms with Crippen molar-refractivity contribution in [1.82, 2.24) is 9.80 Å². The molecule has 0 radical (unpaired) electrons. The lowest BCUT2D eigenvalue weighted by Crippen LogP contribution is -2.51. The Kier molecular flexibility index (Phi) is 6.39. The minimum atomic E-state index is -0.496. The van der Waals surface area contributed by atoms with Gasteiger partial charge in [-0.05, 0) is 46.1 Å². The highest BCUT2D eigenvalue weighted by Crippen LogP contribution is 2.22. The van der Waals surface area contributed by atoms with E-state index in [1.165, 1.54) is 0 Å². The number of β-amino-alcohol motifs (C(OH)–C–C–N with tert-alkyl or cyclic N) is 1. The maximum Gasteiger partial charge on any atom is 0.264 e. The quantitative estimate of drug-likeness (QED) is 0.621. The Hall–Kier alpha value is -1.42. The van der Waals surface area contributed by atoms with Gasteiger partial charge in [-0.15, -0.1) is 0 Å². The lowest BCUT2D eigenvalue weighted by molar-refractivity contribution is -0.127. The second kappa shape index (κ2) is 8.11. The molecule has 2 atom stereocenters. The van der Waals surface area contributed by atoms with Crippen molar-refractivity contribution in [1.29, 1.82) is 5.26 Å². The second-order valence-corrected chi connectivity index (χ2v) is 7.35. The van der Waals surface area contributed by atoms with Crippen molar-refractivity contribution >= 4 is 5.91 Å². The van der Waals surface area contributed by atoms with Crippen molar-refractivity contribution in [3.05, 3.63) is 11.6 Å². The van der Waals surface area contributed by atoms with E-state index < -0.39 is 11.6 Å². The van der Waals surface area contributed by atoms with Crippen molar-refractivity contribution in [3.63, 3.8) is 0 Å². The lowest BCUT2D eigenvalue weighted by atomic mass is 9.97. The Labute approximate surface area is 144 Å². The number of carbonyl (C=O) groups excluding carboxylic acids is 1. The van der Waals surface area contributed by atoms with Gasteiger partial charge in [-0.1, -0.05) is 0 Å². The van der Waals surface area contributed by atoms with Crippen LogP contribution in [0, 0.1) is 11.3 Å². The minimum absolute atomic E-state index is 0.147. The average molecular weight is 335 g/mol. The van der Waals surface area contributed by atoms with Crippen LogP contribution in [0.25, 0.3) is 0 Å². The summed E-state index contributed by atoms with van der Waals surface area (Å²) >= 11 is 0. The van der Waals surface area contributed by atoms with E-state index in [0.29, 0.717) is 26.1 Å². The molecule has 0 saturated carbocycles. The fourth-order valence-electron chi connectivity index (χ4n) is 3.40. The normalized spacial score (nSPS) is 27.5. The van der Waals surface area contributed by atoms with Gasteiger partial charge in [-0.3, -0.25) is 9.69 Å².